The van der Waals surface area contributed by atoms with Gasteiger partial charge in [0, 0.05) is 5.56 Å². The summed E-state index contributed by atoms with van der Waals surface area (Å²) >= 11 is 0. The normalized spacial score (nSPS) is 14.1. The summed E-state index contributed by atoms with van der Waals surface area (Å²) in [6.07, 6.45) is 13.7. The fourth-order valence-corrected chi connectivity index (χ4v) is 3.53. The van der Waals surface area contributed by atoms with Crippen LogP contribution in [0.1, 0.15) is 99.0 Å². The van der Waals surface area contributed by atoms with Gasteiger partial charge in [-0.05, 0) is 55.9 Å². The zero-order valence-corrected chi connectivity index (χ0v) is 18.0. The first-order valence-electron chi connectivity index (χ1n) is 11.1. The van der Waals surface area contributed by atoms with E-state index in [2.05, 4.69) is 24.7 Å². The second-order valence-corrected chi connectivity index (χ2v) is 8.32. The smallest absolute Gasteiger partial charge is 0.269 e. The Morgan fingerprint density at radius 2 is 1.62 bits per heavy atom. The maximum Gasteiger partial charge on any atom is 0.269 e. The minimum Gasteiger partial charge on any atom is -0.271 e. The molecule has 0 atom stereocenters. The Balaban J connectivity index is 1.72. The summed E-state index contributed by atoms with van der Waals surface area (Å²) in [7, 11) is 0. The third-order valence-corrected chi connectivity index (χ3v) is 5.85. The summed E-state index contributed by atoms with van der Waals surface area (Å²) in [5.74, 6) is -0.768. The molecule has 2 amide bonds. The van der Waals surface area contributed by atoms with E-state index < -0.39 is 11.3 Å². The van der Waals surface area contributed by atoms with E-state index in [1.807, 2.05) is 18.2 Å². The molecule has 1 aromatic rings. The van der Waals surface area contributed by atoms with Crippen molar-refractivity contribution in [3.63, 3.8) is 0 Å². The van der Waals surface area contributed by atoms with Gasteiger partial charge in [-0.1, -0.05) is 64.4 Å². The van der Waals surface area contributed by atoms with E-state index >= 15 is 0 Å². The van der Waals surface area contributed by atoms with Crippen molar-refractivity contribution in [2.75, 3.05) is 0 Å². The lowest BCUT2D eigenvalue weighted by Crippen LogP contribution is -2.45. The van der Waals surface area contributed by atoms with Gasteiger partial charge in [0.05, 0.1) is 6.07 Å². The lowest BCUT2D eigenvalue weighted by molar-refractivity contribution is -0.125. The summed E-state index contributed by atoms with van der Waals surface area (Å²) in [5.41, 5.74) is 6.79. The van der Waals surface area contributed by atoms with Crippen LogP contribution in [0.3, 0.4) is 0 Å². The minimum absolute atomic E-state index is 0.347. The van der Waals surface area contributed by atoms with Crippen LogP contribution in [0.15, 0.2) is 18.2 Å². The van der Waals surface area contributed by atoms with Crippen LogP contribution in [-0.4, -0.2) is 11.8 Å². The van der Waals surface area contributed by atoms with Gasteiger partial charge in [-0.25, -0.2) is 0 Å². The third-order valence-electron chi connectivity index (χ3n) is 5.85. The Labute approximate surface area is 175 Å². The number of nitrogens with one attached hydrogen (secondary N) is 2. The van der Waals surface area contributed by atoms with Gasteiger partial charge < -0.3 is 0 Å². The fourth-order valence-electron chi connectivity index (χ4n) is 3.53. The van der Waals surface area contributed by atoms with E-state index in [4.69, 9.17) is 5.26 Å². The summed E-state index contributed by atoms with van der Waals surface area (Å²) < 4.78 is 0. The molecular weight excluding hydrogens is 362 g/mol. The molecule has 29 heavy (non-hydrogen) atoms. The van der Waals surface area contributed by atoms with Gasteiger partial charge >= 0.3 is 0 Å². The number of amides is 2. The van der Waals surface area contributed by atoms with Gasteiger partial charge in [-0.15, -0.1) is 0 Å². The quantitative estimate of drug-likeness (QED) is 0.379. The van der Waals surface area contributed by atoms with E-state index in [0.29, 0.717) is 18.4 Å². The van der Waals surface area contributed by atoms with Crippen LogP contribution in [0.4, 0.5) is 0 Å². The molecule has 1 saturated carbocycles. The van der Waals surface area contributed by atoms with Crippen molar-refractivity contribution in [3.8, 4) is 6.07 Å². The maximum atomic E-state index is 12.4. The average Bonchev–Trinajstić information content (AvgIpc) is 3.53. The molecular formula is C24H35N3O2. The van der Waals surface area contributed by atoms with Crippen molar-refractivity contribution < 1.29 is 9.59 Å². The van der Waals surface area contributed by atoms with Crippen LogP contribution in [0.5, 0.6) is 0 Å². The van der Waals surface area contributed by atoms with Crippen molar-refractivity contribution in [3.05, 3.63) is 34.9 Å². The van der Waals surface area contributed by atoms with Crippen LogP contribution in [0.25, 0.3) is 0 Å². The molecule has 0 heterocycles. The van der Waals surface area contributed by atoms with Crippen molar-refractivity contribution in [1.29, 1.82) is 5.26 Å². The number of nitrogens with zero attached hydrogens (tertiary/aromatic N) is 1. The number of rotatable bonds is 12. The summed E-state index contributed by atoms with van der Waals surface area (Å²) in [4.78, 5) is 24.3. The topological polar surface area (TPSA) is 82.0 Å². The van der Waals surface area contributed by atoms with E-state index in [0.717, 1.165) is 12.8 Å². The number of carbonyl (C=O) groups excluding carboxylic acids is 2. The van der Waals surface area contributed by atoms with Gasteiger partial charge in [0.15, 0.2) is 0 Å². The molecule has 1 aliphatic carbocycles. The Morgan fingerprint density at radius 1 is 1.00 bits per heavy atom. The lowest BCUT2D eigenvalue weighted by atomic mass is 9.98. The first-order valence-corrected chi connectivity index (χ1v) is 11.1. The first-order chi connectivity index (χ1) is 14.0. The molecule has 5 nitrogen and oxygen atoms in total. The fraction of sp³-hybridized carbons (Fsp3) is 0.625. The molecule has 1 aliphatic rings. The van der Waals surface area contributed by atoms with Gasteiger partial charge in [0.1, 0.15) is 5.41 Å². The molecule has 158 valence electrons. The summed E-state index contributed by atoms with van der Waals surface area (Å²) in [6.45, 7) is 4.31. The number of aryl methyl sites for hydroxylation is 2. The molecule has 0 radical (unpaired) electrons. The van der Waals surface area contributed by atoms with Crippen molar-refractivity contribution in [1.82, 2.24) is 10.9 Å². The van der Waals surface area contributed by atoms with Crippen LogP contribution in [0.2, 0.25) is 0 Å². The number of hydrogen-bond acceptors (Lipinski definition) is 3. The van der Waals surface area contributed by atoms with E-state index in [1.165, 1.54) is 62.5 Å². The zero-order valence-electron chi connectivity index (χ0n) is 18.0. The molecule has 0 bridgehead atoms. The predicted octanol–water partition coefficient (Wildman–Crippen LogP) is 5.13. The van der Waals surface area contributed by atoms with Crippen LogP contribution in [-0.2, 0) is 11.2 Å². The number of hydrogen-bond donors (Lipinski definition) is 2. The average molecular weight is 398 g/mol. The summed E-state index contributed by atoms with van der Waals surface area (Å²) in [6, 6.07) is 7.66. The van der Waals surface area contributed by atoms with E-state index in [1.54, 1.807) is 6.07 Å². The Morgan fingerprint density at radius 3 is 2.21 bits per heavy atom. The number of carbonyl (C=O) groups is 2. The largest absolute Gasteiger partial charge is 0.271 e. The number of unbranched alkanes of at least 4 members (excludes halogenated alkanes) is 8. The highest BCUT2D eigenvalue weighted by Gasteiger charge is 2.50. The SMILES string of the molecule is CCCCCCCCCCCc1cc(C(=O)NNC(=O)C2(C#N)CC2)ccc1C. The predicted molar refractivity (Wildman–Crippen MR) is 115 cm³/mol. The minimum atomic E-state index is -0.943. The van der Waals surface area contributed by atoms with Crippen molar-refractivity contribution >= 4 is 11.8 Å². The van der Waals surface area contributed by atoms with Crippen LogP contribution in [0, 0.1) is 23.7 Å². The molecule has 2 N–H and O–H groups in total. The molecule has 5 heteroatoms. The Bertz CT molecular complexity index is 732. The molecule has 0 saturated heterocycles. The maximum absolute atomic E-state index is 12.4. The zero-order chi connectivity index (χ0) is 21.1. The third kappa shape index (κ3) is 7.20. The number of hydrazine groups is 1. The van der Waals surface area contributed by atoms with Gasteiger partial charge in [0.25, 0.3) is 11.8 Å². The van der Waals surface area contributed by atoms with Crippen molar-refractivity contribution in [2.24, 2.45) is 5.41 Å². The van der Waals surface area contributed by atoms with E-state index in [-0.39, 0.29) is 5.91 Å². The molecule has 0 aliphatic heterocycles. The standard InChI is InChI=1S/C24H35N3O2/c1-3-4-5-6-7-8-9-10-11-12-20-17-21(14-13-19(20)2)22(28)26-27-23(29)24(18-25)15-16-24/h13-14,17H,3-12,15-16H2,1-2H3,(H,26,28)(H,27,29). The van der Waals surface area contributed by atoms with Crippen LogP contribution < -0.4 is 10.9 Å². The number of nitriles is 1. The molecule has 0 spiro atoms. The van der Waals surface area contributed by atoms with Crippen molar-refractivity contribution in [2.45, 2.75) is 90.9 Å². The number of benzene rings is 1. The second-order valence-electron chi connectivity index (χ2n) is 8.32. The first kappa shape index (κ1) is 22.9. The Kier molecular flexibility index (Phi) is 9.18. The summed E-state index contributed by atoms with van der Waals surface area (Å²) in [5, 5.41) is 9.04. The van der Waals surface area contributed by atoms with Gasteiger partial charge in [0.2, 0.25) is 0 Å². The monoisotopic (exact) mass is 397 g/mol. The van der Waals surface area contributed by atoms with Gasteiger partial charge in [-0.2, -0.15) is 5.26 Å². The molecule has 1 aromatic carbocycles. The molecule has 0 aromatic heterocycles. The van der Waals surface area contributed by atoms with Crippen LogP contribution >= 0.6 is 0 Å². The lowest BCUT2D eigenvalue weighted by Gasteiger charge is -2.12. The van der Waals surface area contributed by atoms with Gasteiger partial charge in [-0.3, -0.25) is 20.4 Å². The molecule has 0 unspecified atom stereocenters. The highest BCUT2D eigenvalue weighted by molar-refractivity contribution is 5.97. The molecule has 2 rings (SSSR count). The van der Waals surface area contributed by atoms with E-state index in [9.17, 15) is 9.59 Å². The highest BCUT2D eigenvalue weighted by Crippen LogP contribution is 2.44. The highest BCUT2D eigenvalue weighted by atomic mass is 16.2. The molecule has 1 fully saturated rings. The second kappa shape index (κ2) is 11.6. The Hall–Kier alpha value is -2.35.